The average molecular weight is 546 g/mol. The van der Waals surface area contributed by atoms with Crippen molar-refractivity contribution < 1.29 is 4.57 Å². The number of hydrogen-bond acceptors (Lipinski definition) is 0. The highest BCUT2D eigenvalue weighted by atomic mass is 15.1. The van der Waals surface area contributed by atoms with Gasteiger partial charge in [-0.3, -0.25) is 0 Å². The molecule has 0 saturated heterocycles. The molecule has 0 bridgehead atoms. The molecule has 0 amide bonds. The van der Waals surface area contributed by atoms with E-state index in [1.165, 1.54) is 199 Å². The lowest BCUT2D eigenvalue weighted by Crippen LogP contribution is -2.37. The summed E-state index contributed by atoms with van der Waals surface area (Å²) in [7, 11) is 0. The van der Waals surface area contributed by atoms with Gasteiger partial charge in [0, 0.05) is 6.42 Å². The van der Waals surface area contributed by atoms with Crippen molar-refractivity contribution in [2.24, 2.45) is 0 Å². The molecule has 0 saturated carbocycles. The maximum Gasteiger partial charge on any atom is 0.256 e. The van der Waals surface area contributed by atoms with Crippen LogP contribution in [0.2, 0.25) is 0 Å². The number of hydrogen-bond donors (Lipinski definition) is 0. The van der Waals surface area contributed by atoms with E-state index in [2.05, 4.69) is 42.3 Å². The molecule has 0 fully saturated rings. The van der Waals surface area contributed by atoms with Crippen LogP contribution in [-0.4, -0.2) is 4.57 Å². The Morgan fingerprint density at radius 2 is 0.795 bits per heavy atom. The molecule has 1 aromatic heterocycles. The second-order valence-electron chi connectivity index (χ2n) is 12.7. The Bertz CT molecular complexity index is 605. The van der Waals surface area contributed by atoms with Crippen LogP contribution in [-0.2, 0) is 19.5 Å². The summed E-state index contributed by atoms with van der Waals surface area (Å²) in [5.41, 5.74) is 0. The molecule has 39 heavy (non-hydrogen) atoms. The summed E-state index contributed by atoms with van der Waals surface area (Å²) in [6.07, 6.45) is 46.0. The van der Waals surface area contributed by atoms with Gasteiger partial charge in [-0.1, -0.05) is 168 Å². The van der Waals surface area contributed by atoms with Crippen LogP contribution < -0.4 is 4.57 Å². The molecule has 1 aromatic rings. The van der Waals surface area contributed by atoms with Crippen molar-refractivity contribution in [1.82, 2.24) is 4.57 Å². The molecule has 0 aliphatic carbocycles. The summed E-state index contributed by atoms with van der Waals surface area (Å²) < 4.78 is 5.18. The summed E-state index contributed by atoms with van der Waals surface area (Å²) in [5, 5.41) is 0. The summed E-state index contributed by atoms with van der Waals surface area (Å²) in [5.74, 6) is 1.59. The van der Waals surface area contributed by atoms with E-state index < -0.39 is 0 Å². The van der Waals surface area contributed by atoms with Gasteiger partial charge in [-0.2, -0.15) is 0 Å². The second kappa shape index (κ2) is 28.7. The van der Waals surface area contributed by atoms with E-state index >= 15 is 0 Å². The van der Waals surface area contributed by atoms with E-state index in [-0.39, 0.29) is 0 Å². The Kier molecular flexibility index (Phi) is 26.7. The first-order chi connectivity index (χ1) is 19.3. The largest absolute Gasteiger partial charge is 0.256 e. The van der Waals surface area contributed by atoms with Gasteiger partial charge in [0.2, 0.25) is 0 Å². The summed E-state index contributed by atoms with van der Waals surface area (Å²) in [6, 6.07) is 0. The first kappa shape index (κ1) is 36.2. The SMILES string of the molecule is CCCCCCCCCCCCCCCCCCn1cc[n+](CCCCCCCCCCCC)c1CCCC. The number of imidazole rings is 1. The zero-order valence-electron chi connectivity index (χ0n) is 27.5. The van der Waals surface area contributed by atoms with Crippen molar-refractivity contribution in [2.75, 3.05) is 0 Å². The van der Waals surface area contributed by atoms with Gasteiger partial charge in [0.25, 0.3) is 5.82 Å². The Balaban J connectivity index is 2.06. The predicted molar refractivity (Wildman–Crippen MR) is 175 cm³/mol. The number of aromatic nitrogens is 2. The molecular weight excluding hydrogens is 472 g/mol. The van der Waals surface area contributed by atoms with Crippen LogP contribution in [0.25, 0.3) is 0 Å². The number of unbranched alkanes of at least 4 members (excludes halogenated alkanes) is 25. The Labute approximate surface area is 247 Å². The minimum Gasteiger partial charge on any atom is -0.234 e. The van der Waals surface area contributed by atoms with Crippen LogP contribution in [0.15, 0.2) is 12.4 Å². The monoisotopic (exact) mass is 546 g/mol. The minimum atomic E-state index is 1.22. The second-order valence-corrected chi connectivity index (χ2v) is 12.7. The molecule has 1 rings (SSSR count). The molecule has 2 nitrogen and oxygen atoms in total. The van der Waals surface area contributed by atoms with Crippen LogP contribution in [0.3, 0.4) is 0 Å². The molecule has 0 aromatic carbocycles. The third-order valence-electron chi connectivity index (χ3n) is 8.85. The highest BCUT2D eigenvalue weighted by Gasteiger charge is 2.16. The van der Waals surface area contributed by atoms with Crippen molar-refractivity contribution in [2.45, 2.75) is 220 Å². The van der Waals surface area contributed by atoms with E-state index in [1.807, 2.05) is 0 Å². The molecule has 0 aliphatic rings. The topological polar surface area (TPSA) is 8.81 Å². The standard InChI is InChI=1S/C37H73N2/c1-4-7-10-12-14-16-18-19-20-21-22-23-25-27-29-31-34-39-36-35-38(37(39)32-9-6-3)33-30-28-26-24-17-15-13-11-8-5-2/h35-36H,4-34H2,1-3H3/q+1. The third-order valence-corrected chi connectivity index (χ3v) is 8.85. The van der Waals surface area contributed by atoms with Crippen LogP contribution in [0, 0.1) is 0 Å². The Morgan fingerprint density at radius 1 is 0.436 bits per heavy atom. The van der Waals surface area contributed by atoms with E-state index in [4.69, 9.17) is 0 Å². The normalized spacial score (nSPS) is 11.6. The van der Waals surface area contributed by atoms with Crippen molar-refractivity contribution in [3.63, 3.8) is 0 Å². The van der Waals surface area contributed by atoms with Crippen LogP contribution in [0.1, 0.15) is 206 Å². The average Bonchev–Trinajstić information content (AvgIpc) is 3.33. The van der Waals surface area contributed by atoms with Crippen molar-refractivity contribution >= 4 is 0 Å². The number of nitrogens with zero attached hydrogens (tertiary/aromatic N) is 2. The van der Waals surface area contributed by atoms with Gasteiger partial charge in [-0.15, -0.1) is 0 Å². The maximum atomic E-state index is 2.59. The fourth-order valence-corrected chi connectivity index (χ4v) is 6.13. The van der Waals surface area contributed by atoms with Crippen molar-refractivity contribution in [1.29, 1.82) is 0 Å². The molecule has 1 heterocycles. The minimum absolute atomic E-state index is 1.22. The van der Waals surface area contributed by atoms with Crippen LogP contribution >= 0.6 is 0 Å². The quantitative estimate of drug-likeness (QED) is 0.0648. The number of rotatable bonds is 31. The lowest BCUT2D eigenvalue weighted by molar-refractivity contribution is -0.704. The summed E-state index contributed by atoms with van der Waals surface area (Å²) >= 11 is 0. The van der Waals surface area contributed by atoms with E-state index in [1.54, 1.807) is 5.82 Å². The maximum absolute atomic E-state index is 2.59. The smallest absolute Gasteiger partial charge is 0.234 e. The molecule has 2 heteroatoms. The summed E-state index contributed by atoms with van der Waals surface area (Å²) in [6.45, 7) is 9.39. The van der Waals surface area contributed by atoms with Crippen LogP contribution in [0.4, 0.5) is 0 Å². The molecule has 0 aliphatic heterocycles. The van der Waals surface area contributed by atoms with E-state index in [0.717, 1.165) is 0 Å². The molecule has 0 spiro atoms. The van der Waals surface area contributed by atoms with Crippen LogP contribution in [0.5, 0.6) is 0 Å². The van der Waals surface area contributed by atoms with Gasteiger partial charge >= 0.3 is 0 Å². The molecule has 0 N–H and O–H groups in total. The van der Waals surface area contributed by atoms with E-state index in [0.29, 0.717) is 0 Å². The predicted octanol–water partition coefficient (Wildman–Crippen LogP) is 12.3. The highest BCUT2D eigenvalue weighted by Crippen LogP contribution is 2.15. The summed E-state index contributed by atoms with van der Waals surface area (Å²) in [4.78, 5) is 0. The lowest BCUT2D eigenvalue weighted by Gasteiger charge is -2.06. The molecule has 0 atom stereocenters. The Hall–Kier alpha value is -0.790. The molecule has 230 valence electrons. The first-order valence-corrected chi connectivity index (χ1v) is 18.4. The number of aryl methyl sites for hydroxylation is 2. The Morgan fingerprint density at radius 3 is 1.21 bits per heavy atom. The molecular formula is C37H73N2+. The fraction of sp³-hybridized carbons (Fsp3) is 0.919. The van der Waals surface area contributed by atoms with E-state index in [9.17, 15) is 0 Å². The lowest BCUT2D eigenvalue weighted by atomic mass is 10.0. The fourth-order valence-electron chi connectivity index (χ4n) is 6.13. The van der Waals surface area contributed by atoms with Crippen molar-refractivity contribution in [3.05, 3.63) is 18.2 Å². The van der Waals surface area contributed by atoms with Gasteiger partial charge in [0.15, 0.2) is 0 Å². The highest BCUT2D eigenvalue weighted by molar-refractivity contribution is 4.84. The van der Waals surface area contributed by atoms with Gasteiger partial charge in [0.1, 0.15) is 12.4 Å². The van der Waals surface area contributed by atoms with Gasteiger partial charge < -0.3 is 0 Å². The third kappa shape index (κ3) is 21.6. The van der Waals surface area contributed by atoms with Gasteiger partial charge in [0.05, 0.1) is 13.1 Å². The molecule has 0 unspecified atom stereocenters. The van der Waals surface area contributed by atoms with Gasteiger partial charge in [-0.05, 0) is 32.1 Å². The zero-order valence-corrected chi connectivity index (χ0v) is 27.5. The first-order valence-electron chi connectivity index (χ1n) is 18.4. The van der Waals surface area contributed by atoms with Gasteiger partial charge in [-0.25, -0.2) is 9.13 Å². The zero-order chi connectivity index (χ0) is 28.1. The van der Waals surface area contributed by atoms with Crippen molar-refractivity contribution in [3.8, 4) is 0 Å². The molecule has 0 radical (unpaired) electrons.